The number of hydrogen-bond acceptors (Lipinski definition) is 3. The summed E-state index contributed by atoms with van der Waals surface area (Å²) in [7, 11) is 0. The highest BCUT2D eigenvalue weighted by Crippen LogP contribution is 2.25. The summed E-state index contributed by atoms with van der Waals surface area (Å²) in [5.41, 5.74) is 10.4. The molecule has 3 rings (SSSR count). The minimum absolute atomic E-state index is 0.294. The van der Waals surface area contributed by atoms with Crippen LogP contribution in [0, 0.1) is 5.41 Å². The number of rotatable bonds is 4. The maximum Gasteiger partial charge on any atom is 0.143 e. The van der Waals surface area contributed by atoms with Gasteiger partial charge in [0.25, 0.3) is 0 Å². The van der Waals surface area contributed by atoms with Gasteiger partial charge in [0.05, 0.1) is 0 Å². The second kappa shape index (κ2) is 6.03. The summed E-state index contributed by atoms with van der Waals surface area (Å²) < 4.78 is 2.33. The molecule has 0 aliphatic rings. The number of hydrogen-bond donors (Lipinski definition) is 1. The van der Waals surface area contributed by atoms with E-state index >= 15 is 0 Å². The predicted molar refractivity (Wildman–Crippen MR) is 95.3 cm³/mol. The molecule has 0 unspecified atom stereocenters. The first-order valence-electron chi connectivity index (χ1n) is 8.05. The lowest BCUT2D eigenvalue weighted by molar-refractivity contribution is 0.351. The number of nitrogens with two attached hydrogens (primary N) is 1. The Morgan fingerprint density at radius 3 is 2.57 bits per heavy atom. The molecule has 4 nitrogen and oxygen atoms in total. The average molecular weight is 308 g/mol. The van der Waals surface area contributed by atoms with Crippen LogP contribution in [-0.4, -0.2) is 14.5 Å². The lowest BCUT2D eigenvalue weighted by atomic mass is 9.92. The zero-order chi connectivity index (χ0) is 16.4. The van der Waals surface area contributed by atoms with Crippen LogP contribution in [0.2, 0.25) is 0 Å². The molecule has 0 saturated carbocycles. The third-order valence-electron chi connectivity index (χ3n) is 4.09. The van der Waals surface area contributed by atoms with Crippen LogP contribution in [0.1, 0.15) is 38.4 Å². The summed E-state index contributed by atoms with van der Waals surface area (Å²) in [5, 5.41) is 1.10. The number of fused-ring (bicyclic) bond motifs is 1. The van der Waals surface area contributed by atoms with Crippen LogP contribution in [-0.2, 0) is 13.0 Å². The molecule has 0 saturated heterocycles. The highest BCUT2D eigenvalue weighted by Gasteiger charge is 2.15. The van der Waals surface area contributed by atoms with Crippen LogP contribution < -0.4 is 5.73 Å². The monoisotopic (exact) mass is 308 g/mol. The van der Waals surface area contributed by atoms with E-state index in [0.29, 0.717) is 5.41 Å². The van der Waals surface area contributed by atoms with E-state index in [9.17, 15) is 0 Å². The van der Waals surface area contributed by atoms with Crippen molar-refractivity contribution in [3.8, 4) is 0 Å². The van der Waals surface area contributed by atoms with Crippen LogP contribution in [0.3, 0.4) is 0 Å². The maximum absolute atomic E-state index is 5.78. The molecule has 23 heavy (non-hydrogen) atoms. The summed E-state index contributed by atoms with van der Waals surface area (Å²) in [6.45, 7) is 7.78. The van der Waals surface area contributed by atoms with Gasteiger partial charge in [-0.2, -0.15) is 0 Å². The SMILES string of the molecule is CC(C)(C)CCn1c(Cc2ccc(N)cc2)cc2cncnc21. The normalized spacial score (nSPS) is 12.0. The van der Waals surface area contributed by atoms with E-state index in [1.54, 1.807) is 6.33 Å². The van der Waals surface area contributed by atoms with Crippen molar-refractivity contribution >= 4 is 16.7 Å². The molecule has 0 bridgehead atoms. The molecule has 0 aliphatic heterocycles. The van der Waals surface area contributed by atoms with Gasteiger partial charge in [0.15, 0.2) is 0 Å². The van der Waals surface area contributed by atoms with Crippen LogP contribution in [0.15, 0.2) is 42.9 Å². The smallest absolute Gasteiger partial charge is 0.143 e. The van der Waals surface area contributed by atoms with Crippen molar-refractivity contribution in [1.29, 1.82) is 0 Å². The van der Waals surface area contributed by atoms with E-state index in [4.69, 9.17) is 5.73 Å². The van der Waals surface area contributed by atoms with Crippen molar-refractivity contribution in [3.63, 3.8) is 0 Å². The first kappa shape index (κ1) is 15.5. The van der Waals surface area contributed by atoms with Gasteiger partial charge in [0.2, 0.25) is 0 Å². The minimum atomic E-state index is 0.294. The Bertz CT molecular complexity index is 794. The molecule has 0 fully saturated rings. The standard InChI is InChI=1S/C19H24N4/c1-19(2,3)8-9-23-17(10-14-4-6-16(20)7-5-14)11-15-12-21-13-22-18(15)23/h4-7,11-13H,8-10,20H2,1-3H3. The van der Waals surface area contributed by atoms with Gasteiger partial charge in [-0.15, -0.1) is 0 Å². The van der Waals surface area contributed by atoms with Crippen molar-refractivity contribution < 1.29 is 0 Å². The van der Waals surface area contributed by atoms with Crippen molar-refractivity contribution in [2.75, 3.05) is 5.73 Å². The molecule has 3 aromatic rings. The Balaban J connectivity index is 1.96. The molecule has 0 aliphatic carbocycles. The van der Waals surface area contributed by atoms with Crippen molar-refractivity contribution in [2.24, 2.45) is 5.41 Å². The zero-order valence-electron chi connectivity index (χ0n) is 14.1. The van der Waals surface area contributed by atoms with Crippen molar-refractivity contribution in [2.45, 2.75) is 40.2 Å². The first-order valence-corrected chi connectivity index (χ1v) is 8.05. The van der Waals surface area contributed by atoms with E-state index in [0.717, 1.165) is 36.1 Å². The molecule has 4 heteroatoms. The van der Waals surface area contributed by atoms with E-state index in [2.05, 4.69) is 53.5 Å². The summed E-state index contributed by atoms with van der Waals surface area (Å²) in [4.78, 5) is 8.64. The predicted octanol–water partition coefficient (Wildman–Crippen LogP) is 4.04. The third-order valence-corrected chi connectivity index (χ3v) is 4.09. The van der Waals surface area contributed by atoms with Gasteiger partial charge in [-0.3, -0.25) is 0 Å². The summed E-state index contributed by atoms with van der Waals surface area (Å²) in [6.07, 6.45) is 5.50. The van der Waals surface area contributed by atoms with Gasteiger partial charge >= 0.3 is 0 Å². The summed E-state index contributed by atoms with van der Waals surface area (Å²) in [6, 6.07) is 10.3. The molecular weight excluding hydrogens is 284 g/mol. The molecule has 1 aromatic carbocycles. The molecule has 0 radical (unpaired) electrons. The molecule has 0 atom stereocenters. The molecular formula is C19H24N4. The first-order chi connectivity index (χ1) is 10.9. The number of nitrogen functional groups attached to an aromatic ring is 1. The second-order valence-electron chi connectivity index (χ2n) is 7.32. The molecule has 2 heterocycles. The van der Waals surface area contributed by atoms with Gasteiger partial charge in [-0.25, -0.2) is 9.97 Å². The van der Waals surface area contributed by atoms with E-state index in [1.807, 2.05) is 18.3 Å². The number of aryl methyl sites for hydroxylation is 1. The fraction of sp³-hybridized carbons (Fsp3) is 0.368. The second-order valence-corrected chi connectivity index (χ2v) is 7.32. The number of benzene rings is 1. The van der Waals surface area contributed by atoms with Crippen LogP contribution >= 0.6 is 0 Å². The van der Waals surface area contributed by atoms with Gasteiger partial charge in [0, 0.05) is 35.9 Å². The summed E-state index contributed by atoms with van der Waals surface area (Å²) >= 11 is 0. The van der Waals surface area contributed by atoms with E-state index < -0.39 is 0 Å². The van der Waals surface area contributed by atoms with Crippen molar-refractivity contribution in [1.82, 2.24) is 14.5 Å². The Hall–Kier alpha value is -2.36. The largest absolute Gasteiger partial charge is 0.399 e. The average Bonchev–Trinajstić information content (AvgIpc) is 2.84. The van der Waals surface area contributed by atoms with E-state index in [-0.39, 0.29) is 0 Å². The van der Waals surface area contributed by atoms with Gasteiger partial charge in [0.1, 0.15) is 12.0 Å². The van der Waals surface area contributed by atoms with Crippen LogP contribution in [0.25, 0.3) is 11.0 Å². The Labute approximate surface area is 137 Å². The van der Waals surface area contributed by atoms with E-state index in [1.165, 1.54) is 11.3 Å². The fourth-order valence-corrected chi connectivity index (χ4v) is 2.74. The summed E-state index contributed by atoms with van der Waals surface area (Å²) in [5.74, 6) is 0. The van der Waals surface area contributed by atoms with Crippen molar-refractivity contribution in [3.05, 3.63) is 54.1 Å². The highest BCUT2D eigenvalue weighted by atomic mass is 15.1. The minimum Gasteiger partial charge on any atom is -0.399 e. The third kappa shape index (κ3) is 3.70. The van der Waals surface area contributed by atoms with Gasteiger partial charge < -0.3 is 10.3 Å². The van der Waals surface area contributed by atoms with Crippen LogP contribution in [0.5, 0.6) is 0 Å². The fourth-order valence-electron chi connectivity index (χ4n) is 2.74. The molecule has 2 aromatic heterocycles. The Morgan fingerprint density at radius 2 is 1.87 bits per heavy atom. The Morgan fingerprint density at radius 1 is 1.13 bits per heavy atom. The zero-order valence-corrected chi connectivity index (χ0v) is 14.1. The molecule has 0 spiro atoms. The van der Waals surface area contributed by atoms with Gasteiger partial charge in [-0.05, 0) is 35.6 Å². The lowest BCUT2D eigenvalue weighted by Crippen LogP contribution is -2.12. The molecule has 0 amide bonds. The Kier molecular flexibility index (Phi) is 4.07. The molecule has 120 valence electrons. The number of nitrogens with zero attached hydrogens (tertiary/aromatic N) is 3. The maximum atomic E-state index is 5.78. The number of anilines is 1. The quantitative estimate of drug-likeness (QED) is 0.740. The van der Waals surface area contributed by atoms with Crippen LogP contribution in [0.4, 0.5) is 5.69 Å². The topological polar surface area (TPSA) is 56.7 Å². The molecule has 2 N–H and O–H groups in total. The number of aromatic nitrogens is 3. The highest BCUT2D eigenvalue weighted by molar-refractivity contribution is 5.76. The lowest BCUT2D eigenvalue weighted by Gasteiger charge is -2.20. The van der Waals surface area contributed by atoms with Gasteiger partial charge in [-0.1, -0.05) is 32.9 Å².